The predicted molar refractivity (Wildman–Crippen MR) is 59.7 cm³/mol. The van der Waals surface area contributed by atoms with E-state index in [0.29, 0.717) is 5.82 Å². The van der Waals surface area contributed by atoms with Gasteiger partial charge in [0.25, 0.3) is 5.69 Å². The lowest BCUT2D eigenvalue weighted by atomic mass is 10.4. The third-order valence-corrected chi connectivity index (χ3v) is 2.44. The minimum absolute atomic E-state index is 0.00575. The first-order valence-electron chi connectivity index (χ1n) is 4.85. The van der Waals surface area contributed by atoms with Gasteiger partial charge in [-0.3, -0.25) is 10.1 Å². The lowest BCUT2D eigenvalue weighted by Crippen LogP contribution is -2.01. The van der Waals surface area contributed by atoms with Crippen LogP contribution in [0.15, 0.2) is 30.5 Å². The SMILES string of the molecule is Cc1ccc(C)n1-c1ccc([N+](=O)[O-])cn1. The molecular formula is C11H11N3O2. The van der Waals surface area contributed by atoms with Gasteiger partial charge in [-0.1, -0.05) is 0 Å². The second kappa shape index (κ2) is 3.77. The topological polar surface area (TPSA) is 61.0 Å². The summed E-state index contributed by atoms with van der Waals surface area (Å²) in [5, 5.41) is 10.5. The Hall–Kier alpha value is -2.17. The first-order valence-corrected chi connectivity index (χ1v) is 4.85. The molecule has 0 saturated heterocycles. The van der Waals surface area contributed by atoms with Crippen LogP contribution in [0.5, 0.6) is 0 Å². The fourth-order valence-corrected chi connectivity index (χ4v) is 1.65. The molecule has 5 nitrogen and oxygen atoms in total. The van der Waals surface area contributed by atoms with E-state index in [9.17, 15) is 10.1 Å². The van der Waals surface area contributed by atoms with Gasteiger partial charge in [-0.25, -0.2) is 4.98 Å². The zero-order chi connectivity index (χ0) is 11.7. The molecule has 82 valence electrons. The molecule has 0 atom stereocenters. The number of aromatic nitrogens is 2. The highest BCUT2D eigenvalue weighted by atomic mass is 16.6. The van der Waals surface area contributed by atoms with Crippen molar-refractivity contribution in [2.24, 2.45) is 0 Å². The number of nitro groups is 1. The molecule has 0 aliphatic rings. The third-order valence-electron chi connectivity index (χ3n) is 2.44. The number of nitrogens with zero attached hydrogens (tertiary/aromatic N) is 3. The summed E-state index contributed by atoms with van der Waals surface area (Å²) in [4.78, 5) is 14.1. The van der Waals surface area contributed by atoms with Gasteiger partial charge < -0.3 is 4.57 Å². The van der Waals surface area contributed by atoms with Crippen LogP contribution in [0.4, 0.5) is 5.69 Å². The Labute approximate surface area is 92.5 Å². The Bertz CT molecular complexity index is 509. The number of hydrogen-bond acceptors (Lipinski definition) is 3. The van der Waals surface area contributed by atoms with Gasteiger partial charge in [-0.15, -0.1) is 0 Å². The van der Waals surface area contributed by atoms with Crippen LogP contribution in [-0.4, -0.2) is 14.5 Å². The number of hydrogen-bond donors (Lipinski definition) is 0. The summed E-state index contributed by atoms with van der Waals surface area (Å²) < 4.78 is 1.95. The molecule has 2 rings (SSSR count). The summed E-state index contributed by atoms with van der Waals surface area (Å²) in [5.41, 5.74) is 2.11. The van der Waals surface area contributed by atoms with Crippen molar-refractivity contribution in [3.8, 4) is 5.82 Å². The number of pyridine rings is 1. The fourth-order valence-electron chi connectivity index (χ4n) is 1.65. The molecule has 2 aromatic heterocycles. The van der Waals surface area contributed by atoms with Crippen LogP contribution in [0.1, 0.15) is 11.4 Å². The number of rotatable bonds is 2. The molecule has 5 heteroatoms. The highest BCUT2D eigenvalue weighted by Gasteiger charge is 2.08. The van der Waals surface area contributed by atoms with Crippen LogP contribution in [0.2, 0.25) is 0 Å². The molecule has 0 aromatic carbocycles. The molecule has 0 fully saturated rings. The lowest BCUT2D eigenvalue weighted by molar-refractivity contribution is -0.385. The van der Waals surface area contributed by atoms with E-state index in [-0.39, 0.29) is 5.69 Å². The minimum atomic E-state index is -0.452. The van der Waals surface area contributed by atoms with Crippen molar-refractivity contribution in [1.29, 1.82) is 0 Å². The highest BCUT2D eigenvalue weighted by Crippen LogP contribution is 2.16. The van der Waals surface area contributed by atoms with Crippen molar-refractivity contribution in [3.05, 3.63) is 52.0 Å². The van der Waals surface area contributed by atoms with Crippen LogP contribution in [0.25, 0.3) is 5.82 Å². The monoisotopic (exact) mass is 217 g/mol. The Kier molecular flexibility index (Phi) is 2.44. The average molecular weight is 217 g/mol. The van der Waals surface area contributed by atoms with E-state index in [1.54, 1.807) is 6.07 Å². The van der Waals surface area contributed by atoms with Crippen molar-refractivity contribution >= 4 is 5.69 Å². The van der Waals surface area contributed by atoms with Crippen LogP contribution in [-0.2, 0) is 0 Å². The molecular weight excluding hydrogens is 206 g/mol. The van der Waals surface area contributed by atoms with Crippen LogP contribution < -0.4 is 0 Å². The van der Waals surface area contributed by atoms with Gasteiger partial charge in [0.2, 0.25) is 0 Å². The largest absolute Gasteiger partial charge is 0.303 e. The Morgan fingerprint density at radius 3 is 2.25 bits per heavy atom. The lowest BCUT2D eigenvalue weighted by Gasteiger charge is -2.07. The summed E-state index contributed by atoms with van der Waals surface area (Å²) in [6.07, 6.45) is 1.27. The highest BCUT2D eigenvalue weighted by molar-refractivity contribution is 5.36. The van der Waals surface area contributed by atoms with Gasteiger partial charge in [-0.05, 0) is 32.0 Å². The molecule has 0 unspecified atom stereocenters. The molecule has 0 aliphatic carbocycles. The maximum absolute atomic E-state index is 10.5. The minimum Gasteiger partial charge on any atom is -0.303 e. The molecule has 2 aromatic rings. The average Bonchev–Trinajstić information content (AvgIpc) is 2.59. The van der Waals surface area contributed by atoms with E-state index in [4.69, 9.17) is 0 Å². The van der Waals surface area contributed by atoms with Crippen LogP contribution in [0.3, 0.4) is 0 Å². The molecule has 0 aliphatic heterocycles. The van der Waals surface area contributed by atoms with Crippen LogP contribution >= 0.6 is 0 Å². The summed E-state index contributed by atoms with van der Waals surface area (Å²) in [6.45, 7) is 3.94. The van der Waals surface area contributed by atoms with Crippen LogP contribution in [0, 0.1) is 24.0 Å². The maximum Gasteiger partial charge on any atom is 0.287 e. The van der Waals surface area contributed by atoms with Gasteiger partial charge in [0.15, 0.2) is 0 Å². The zero-order valence-electron chi connectivity index (χ0n) is 9.04. The van der Waals surface area contributed by atoms with E-state index in [0.717, 1.165) is 11.4 Å². The first kappa shape index (κ1) is 10.4. The first-order chi connectivity index (χ1) is 7.59. The Morgan fingerprint density at radius 1 is 1.19 bits per heavy atom. The molecule has 0 saturated carbocycles. The number of aryl methyl sites for hydroxylation is 2. The van der Waals surface area contributed by atoms with Crippen molar-refractivity contribution in [2.45, 2.75) is 13.8 Å². The summed E-state index contributed by atoms with van der Waals surface area (Å²) in [6, 6.07) is 7.08. The van der Waals surface area contributed by atoms with Gasteiger partial charge in [0.05, 0.1) is 4.92 Å². The van der Waals surface area contributed by atoms with E-state index in [1.165, 1.54) is 12.3 Å². The second-order valence-corrected chi connectivity index (χ2v) is 3.58. The van der Waals surface area contributed by atoms with Gasteiger partial charge >= 0.3 is 0 Å². The molecule has 0 amide bonds. The quantitative estimate of drug-likeness (QED) is 0.573. The van der Waals surface area contributed by atoms with Crippen molar-refractivity contribution in [3.63, 3.8) is 0 Å². The van der Waals surface area contributed by atoms with E-state index in [2.05, 4.69) is 4.98 Å². The molecule has 2 heterocycles. The normalized spacial score (nSPS) is 10.4. The van der Waals surface area contributed by atoms with E-state index in [1.807, 2.05) is 30.5 Å². The maximum atomic E-state index is 10.5. The third kappa shape index (κ3) is 1.67. The summed E-state index contributed by atoms with van der Waals surface area (Å²) >= 11 is 0. The van der Waals surface area contributed by atoms with Gasteiger partial charge in [0, 0.05) is 17.5 Å². The Morgan fingerprint density at radius 2 is 1.81 bits per heavy atom. The Balaban J connectivity index is 2.46. The summed E-state index contributed by atoms with van der Waals surface area (Å²) in [5.74, 6) is 0.700. The summed E-state index contributed by atoms with van der Waals surface area (Å²) in [7, 11) is 0. The standard InChI is InChI=1S/C11H11N3O2/c1-8-3-4-9(2)13(8)11-6-5-10(7-12-11)14(15)16/h3-7H,1-2H3. The zero-order valence-corrected chi connectivity index (χ0v) is 9.04. The molecule has 16 heavy (non-hydrogen) atoms. The van der Waals surface area contributed by atoms with Gasteiger partial charge in [-0.2, -0.15) is 0 Å². The fraction of sp³-hybridized carbons (Fsp3) is 0.182. The van der Waals surface area contributed by atoms with Gasteiger partial charge in [0.1, 0.15) is 12.0 Å². The molecule has 0 spiro atoms. The van der Waals surface area contributed by atoms with Crippen molar-refractivity contribution < 1.29 is 4.92 Å². The molecule has 0 N–H and O–H groups in total. The second-order valence-electron chi connectivity index (χ2n) is 3.58. The van der Waals surface area contributed by atoms with E-state index < -0.39 is 4.92 Å². The predicted octanol–water partition coefficient (Wildman–Crippen LogP) is 2.40. The van der Waals surface area contributed by atoms with Crippen molar-refractivity contribution in [1.82, 2.24) is 9.55 Å². The molecule has 0 radical (unpaired) electrons. The molecule has 0 bridgehead atoms. The smallest absolute Gasteiger partial charge is 0.287 e. The van der Waals surface area contributed by atoms with E-state index >= 15 is 0 Å². The van der Waals surface area contributed by atoms with Crippen molar-refractivity contribution in [2.75, 3.05) is 0 Å².